The molecule has 3 aromatic rings. The molecule has 10 heteroatoms. The summed E-state index contributed by atoms with van der Waals surface area (Å²) < 4.78 is 42.8. The van der Waals surface area contributed by atoms with Crippen molar-refractivity contribution >= 4 is 33.4 Å². The third-order valence-corrected chi connectivity index (χ3v) is 5.00. The summed E-state index contributed by atoms with van der Waals surface area (Å²) in [6.45, 7) is 3.75. The zero-order chi connectivity index (χ0) is 23.3. The molecule has 3 rings (SSSR count). The van der Waals surface area contributed by atoms with Crippen molar-refractivity contribution in [3.8, 4) is 17.0 Å². The lowest BCUT2D eigenvalue weighted by atomic mass is 10.1. The van der Waals surface area contributed by atoms with Crippen LogP contribution in [0.3, 0.4) is 0 Å². The molecule has 1 heterocycles. The molecule has 0 unspecified atom stereocenters. The standard InChI is InChI=1S/C22H22BrF3N4O2/c1-13(2)19(12-31)29-21-28-18(14-5-3-8-17(9-14)32-22(24,25)26)11-20(30-21)27-16-7-4-6-15(23)10-16/h3-11,13,19,31H,12H2,1-2H3,(H2,27,28,29,30)/t19-/m0/s1. The minimum atomic E-state index is -4.80. The molecule has 0 aliphatic heterocycles. The number of alkyl halides is 3. The van der Waals surface area contributed by atoms with E-state index in [0.29, 0.717) is 17.1 Å². The number of nitrogens with one attached hydrogen (secondary N) is 2. The fraction of sp³-hybridized carbons (Fsp3) is 0.273. The van der Waals surface area contributed by atoms with Crippen LogP contribution in [0.25, 0.3) is 11.3 Å². The summed E-state index contributed by atoms with van der Waals surface area (Å²) in [5, 5.41) is 15.9. The minimum Gasteiger partial charge on any atom is -0.406 e. The van der Waals surface area contributed by atoms with Crippen molar-refractivity contribution in [2.24, 2.45) is 5.92 Å². The Labute approximate surface area is 192 Å². The monoisotopic (exact) mass is 510 g/mol. The van der Waals surface area contributed by atoms with Crippen molar-refractivity contribution in [2.75, 3.05) is 17.2 Å². The van der Waals surface area contributed by atoms with Gasteiger partial charge >= 0.3 is 6.36 Å². The number of benzene rings is 2. The molecule has 170 valence electrons. The van der Waals surface area contributed by atoms with Gasteiger partial charge in [0, 0.05) is 21.8 Å². The highest BCUT2D eigenvalue weighted by molar-refractivity contribution is 9.10. The number of halogens is 4. The van der Waals surface area contributed by atoms with E-state index < -0.39 is 6.36 Å². The van der Waals surface area contributed by atoms with E-state index in [9.17, 15) is 18.3 Å². The normalized spacial score (nSPS) is 12.5. The number of nitrogens with zero attached hydrogens (tertiary/aromatic N) is 2. The van der Waals surface area contributed by atoms with Crippen molar-refractivity contribution in [3.63, 3.8) is 0 Å². The van der Waals surface area contributed by atoms with Gasteiger partial charge in [0.2, 0.25) is 5.95 Å². The van der Waals surface area contributed by atoms with Crippen molar-refractivity contribution in [1.29, 1.82) is 0 Å². The van der Waals surface area contributed by atoms with Gasteiger partial charge < -0.3 is 20.5 Å². The number of rotatable bonds is 8. The predicted octanol–water partition coefficient (Wildman–Crippen LogP) is 5.98. The Kier molecular flexibility index (Phi) is 7.57. The zero-order valence-corrected chi connectivity index (χ0v) is 18.9. The van der Waals surface area contributed by atoms with Crippen molar-refractivity contribution in [2.45, 2.75) is 26.3 Å². The Hall–Kier alpha value is -2.85. The molecule has 32 heavy (non-hydrogen) atoms. The van der Waals surface area contributed by atoms with E-state index in [1.165, 1.54) is 18.2 Å². The van der Waals surface area contributed by atoms with Crippen LogP contribution in [0.2, 0.25) is 0 Å². The molecule has 0 fully saturated rings. The number of ether oxygens (including phenoxy) is 1. The smallest absolute Gasteiger partial charge is 0.406 e. The summed E-state index contributed by atoms with van der Waals surface area (Å²) in [5.74, 6) is 0.408. The molecule has 2 aromatic carbocycles. The van der Waals surface area contributed by atoms with Crippen LogP contribution in [0.1, 0.15) is 13.8 Å². The van der Waals surface area contributed by atoms with Crippen LogP contribution in [-0.4, -0.2) is 34.1 Å². The van der Waals surface area contributed by atoms with Crippen LogP contribution in [0.5, 0.6) is 5.75 Å². The second-order valence-electron chi connectivity index (χ2n) is 7.35. The van der Waals surface area contributed by atoms with E-state index in [0.717, 1.165) is 10.2 Å². The van der Waals surface area contributed by atoms with E-state index in [-0.39, 0.29) is 30.3 Å². The quantitative estimate of drug-likeness (QED) is 0.346. The average molecular weight is 511 g/mol. The number of aromatic nitrogens is 2. The fourth-order valence-electron chi connectivity index (χ4n) is 2.88. The highest BCUT2D eigenvalue weighted by Crippen LogP contribution is 2.30. The van der Waals surface area contributed by atoms with Gasteiger partial charge in [-0.3, -0.25) is 0 Å². The van der Waals surface area contributed by atoms with E-state index >= 15 is 0 Å². The number of anilines is 3. The summed E-state index contributed by atoms with van der Waals surface area (Å²) >= 11 is 3.41. The molecule has 1 aromatic heterocycles. The maximum absolute atomic E-state index is 12.6. The Morgan fingerprint density at radius 2 is 1.81 bits per heavy atom. The highest BCUT2D eigenvalue weighted by Gasteiger charge is 2.31. The predicted molar refractivity (Wildman–Crippen MR) is 121 cm³/mol. The van der Waals surface area contributed by atoms with Crippen LogP contribution in [0.4, 0.5) is 30.6 Å². The summed E-state index contributed by atoms with van der Waals surface area (Å²) in [6.07, 6.45) is -4.80. The summed E-state index contributed by atoms with van der Waals surface area (Å²) in [6, 6.07) is 14.3. The van der Waals surface area contributed by atoms with Gasteiger partial charge in [-0.25, -0.2) is 4.98 Å². The Morgan fingerprint density at radius 1 is 1.06 bits per heavy atom. The maximum Gasteiger partial charge on any atom is 0.573 e. The molecular weight excluding hydrogens is 489 g/mol. The average Bonchev–Trinajstić information content (AvgIpc) is 2.70. The third kappa shape index (κ3) is 6.83. The van der Waals surface area contributed by atoms with Crippen LogP contribution < -0.4 is 15.4 Å². The van der Waals surface area contributed by atoms with Crippen LogP contribution in [0, 0.1) is 5.92 Å². The van der Waals surface area contributed by atoms with Gasteiger partial charge in [-0.05, 0) is 36.2 Å². The van der Waals surface area contributed by atoms with E-state index in [4.69, 9.17) is 0 Å². The summed E-state index contributed by atoms with van der Waals surface area (Å²) in [7, 11) is 0. The molecule has 0 spiro atoms. The van der Waals surface area contributed by atoms with E-state index in [1.807, 2.05) is 38.1 Å². The van der Waals surface area contributed by atoms with Crippen molar-refractivity contribution < 1.29 is 23.0 Å². The van der Waals surface area contributed by atoms with Gasteiger partial charge in [0.1, 0.15) is 11.6 Å². The molecule has 6 nitrogen and oxygen atoms in total. The molecule has 0 bridgehead atoms. The zero-order valence-electron chi connectivity index (χ0n) is 17.3. The number of aliphatic hydroxyl groups is 1. The molecular formula is C22H22BrF3N4O2. The number of hydrogen-bond acceptors (Lipinski definition) is 6. The lowest BCUT2D eigenvalue weighted by molar-refractivity contribution is -0.274. The first-order valence-electron chi connectivity index (χ1n) is 9.78. The van der Waals surface area contributed by atoms with E-state index in [2.05, 4.69) is 41.3 Å². The van der Waals surface area contributed by atoms with Gasteiger partial charge in [-0.2, -0.15) is 4.98 Å². The molecule has 0 aliphatic carbocycles. The van der Waals surface area contributed by atoms with Gasteiger partial charge in [0.15, 0.2) is 0 Å². The van der Waals surface area contributed by atoms with Gasteiger partial charge in [0.25, 0.3) is 0 Å². The molecule has 0 amide bonds. The highest BCUT2D eigenvalue weighted by atomic mass is 79.9. The van der Waals surface area contributed by atoms with Crippen molar-refractivity contribution in [1.82, 2.24) is 9.97 Å². The summed E-state index contributed by atoms with van der Waals surface area (Å²) in [5.41, 5.74) is 1.55. The Morgan fingerprint density at radius 3 is 2.47 bits per heavy atom. The van der Waals surface area contributed by atoms with Gasteiger partial charge in [-0.15, -0.1) is 13.2 Å². The first-order valence-corrected chi connectivity index (χ1v) is 10.6. The van der Waals surface area contributed by atoms with Crippen molar-refractivity contribution in [3.05, 3.63) is 59.1 Å². The topological polar surface area (TPSA) is 79.3 Å². The molecule has 1 atom stereocenters. The summed E-state index contributed by atoms with van der Waals surface area (Å²) in [4.78, 5) is 8.92. The lowest BCUT2D eigenvalue weighted by Gasteiger charge is -2.21. The fourth-order valence-corrected chi connectivity index (χ4v) is 3.28. The SMILES string of the molecule is CC(C)[C@H](CO)Nc1nc(Nc2cccc(Br)c2)cc(-c2cccc(OC(F)(F)F)c2)n1. The second kappa shape index (κ2) is 10.2. The Bertz CT molecular complexity index is 1060. The minimum absolute atomic E-state index is 0.0947. The van der Waals surface area contributed by atoms with Gasteiger partial charge in [0.05, 0.1) is 18.3 Å². The molecule has 0 saturated heterocycles. The van der Waals surface area contributed by atoms with Gasteiger partial charge in [-0.1, -0.05) is 48.0 Å². The van der Waals surface area contributed by atoms with Crippen LogP contribution >= 0.6 is 15.9 Å². The largest absolute Gasteiger partial charge is 0.573 e. The van der Waals surface area contributed by atoms with E-state index in [1.54, 1.807) is 12.1 Å². The number of aliphatic hydroxyl groups excluding tert-OH is 1. The molecule has 0 radical (unpaired) electrons. The van der Waals surface area contributed by atoms with Crippen LogP contribution in [-0.2, 0) is 0 Å². The first-order chi connectivity index (χ1) is 15.1. The molecule has 0 aliphatic rings. The Balaban J connectivity index is 2.00. The molecule has 0 saturated carbocycles. The second-order valence-corrected chi connectivity index (χ2v) is 8.27. The third-order valence-electron chi connectivity index (χ3n) is 4.50. The van der Waals surface area contributed by atoms with Crippen LogP contribution in [0.15, 0.2) is 59.1 Å². The molecule has 3 N–H and O–H groups in total. The first kappa shape index (κ1) is 23.8. The maximum atomic E-state index is 12.6. The lowest BCUT2D eigenvalue weighted by Crippen LogP contribution is -2.30. The number of hydrogen-bond donors (Lipinski definition) is 3.